The van der Waals surface area contributed by atoms with E-state index in [2.05, 4.69) is 5.10 Å². The minimum absolute atomic E-state index is 0.0186. The first-order valence-electron chi connectivity index (χ1n) is 5.41. The largest absolute Gasteiger partial charge is 0.506 e. The van der Waals surface area contributed by atoms with Gasteiger partial charge in [-0.2, -0.15) is 5.10 Å². The zero-order valence-electron chi connectivity index (χ0n) is 10.1. The van der Waals surface area contributed by atoms with Gasteiger partial charge in [-0.15, -0.1) is 0 Å². The van der Waals surface area contributed by atoms with E-state index < -0.39 is 11.6 Å². The van der Waals surface area contributed by atoms with Gasteiger partial charge in [-0.3, -0.25) is 4.79 Å². The smallest absolute Gasteiger partial charge is 0.332 e. The summed E-state index contributed by atoms with van der Waals surface area (Å²) >= 11 is 0. The van der Waals surface area contributed by atoms with Gasteiger partial charge in [0.25, 0.3) is 5.56 Å². The minimum Gasteiger partial charge on any atom is -0.506 e. The summed E-state index contributed by atoms with van der Waals surface area (Å²) in [6, 6.07) is 6.06. The molecule has 0 unspecified atom stereocenters. The van der Waals surface area contributed by atoms with E-state index >= 15 is 0 Å². The molecule has 1 heterocycles. The average Bonchev–Trinajstić information content (AvgIpc) is 2.40. The average molecular weight is 260 g/mol. The summed E-state index contributed by atoms with van der Waals surface area (Å²) in [5, 5.41) is 14.1. The number of urea groups is 1. The lowest BCUT2D eigenvalue weighted by molar-refractivity contribution is 0.249. The van der Waals surface area contributed by atoms with Crippen LogP contribution in [0, 0.1) is 0 Å². The number of benzene rings is 1. The van der Waals surface area contributed by atoms with Crippen LogP contribution in [0.1, 0.15) is 5.56 Å². The van der Waals surface area contributed by atoms with Crippen molar-refractivity contribution in [2.24, 2.45) is 17.9 Å². The van der Waals surface area contributed by atoms with Crippen LogP contribution in [0.15, 0.2) is 34.2 Å². The Balaban J connectivity index is 2.65. The molecule has 0 bridgehead atoms. The standard InChI is InChI=1S/C12H12N4O3/c1-16-9-5-3-2-4-7(9)10(17)8(11(16)18)6-14-15-12(13)19/h2-6,17H,1H3,(H3,13,15,19). The maximum absolute atomic E-state index is 12.0. The Morgan fingerprint density at radius 2 is 2.16 bits per heavy atom. The molecule has 0 aliphatic heterocycles. The number of nitrogens with one attached hydrogen (secondary N) is 1. The molecular weight excluding hydrogens is 248 g/mol. The first-order chi connectivity index (χ1) is 9.02. The molecule has 19 heavy (non-hydrogen) atoms. The SMILES string of the molecule is Cn1c(=O)c(C=NNC(N)=O)c(O)c2ccccc21. The molecule has 0 radical (unpaired) electrons. The number of nitrogens with zero attached hydrogens (tertiary/aromatic N) is 2. The van der Waals surface area contributed by atoms with Gasteiger partial charge in [-0.05, 0) is 12.1 Å². The van der Waals surface area contributed by atoms with Gasteiger partial charge in [0.05, 0.1) is 11.7 Å². The van der Waals surface area contributed by atoms with Crippen LogP contribution >= 0.6 is 0 Å². The summed E-state index contributed by atoms with van der Waals surface area (Å²) in [5.41, 5.74) is 6.97. The molecule has 0 spiro atoms. The van der Waals surface area contributed by atoms with Gasteiger partial charge in [-0.25, -0.2) is 10.2 Å². The highest BCUT2D eigenvalue weighted by atomic mass is 16.3. The molecule has 1 aromatic heterocycles. The number of hydrazone groups is 1. The quantitative estimate of drug-likeness (QED) is 0.531. The van der Waals surface area contributed by atoms with Crippen LogP contribution in [0.25, 0.3) is 10.9 Å². The highest BCUT2D eigenvalue weighted by Gasteiger charge is 2.12. The second-order valence-electron chi connectivity index (χ2n) is 3.88. The van der Waals surface area contributed by atoms with Crippen LogP contribution in [0.4, 0.5) is 4.79 Å². The Morgan fingerprint density at radius 1 is 1.47 bits per heavy atom. The van der Waals surface area contributed by atoms with E-state index in [-0.39, 0.29) is 11.3 Å². The molecule has 98 valence electrons. The number of primary amides is 1. The van der Waals surface area contributed by atoms with E-state index in [0.29, 0.717) is 10.9 Å². The summed E-state index contributed by atoms with van der Waals surface area (Å²) < 4.78 is 1.39. The molecule has 0 aliphatic carbocycles. The molecule has 2 amide bonds. The van der Waals surface area contributed by atoms with Gasteiger partial charge < -0.3 is 15.4 Å². The fourth-order valence-electron chi connectivity index (χ4n) is 1.78. The topological polar surface area (TPSA) is 110 Å². The number of pyridine rings is 1. The molecule has 2 aromatic rings. The van der Waals surface area contributed by atoms with Gasteiger partial charge in [-0.1, -0.05) is 12.1 Å². The van der Waals surface area contributed by atoms with E-state index in [9.17, 15) is 14.7 Å². The van der Waals surface area contributed by atoms with Gasteiger partial charge in [0.15, 0.2) is 0 Å². The Bertz CT molecular complexity index is 734. The fraction of sp³-hybridized carbons (Fsp3) is 0.0833. The number of para-hydroxylation sites is 1. The highest BCUT2D eigenvalue weighted by molar-refractivity contribution is 5.95. The van der Waals surface area contributed by atoms with Crippen LogP contribution in [0.5, 0.6) is 5.75 Å². The van der Waals surface area contributed by atoms with Crippen molar-refractivity contribution in [3.8, 4) is 5.75 Å². The zero-order chi connectivity index (χ0) is 14.0. The lowest BCUT2D eigenvalue weighted by Crippen LogP contribution is -2.26. The third-order valence-electron chi connectivity index (χ3n) is 2.68. The lowest BCUT2D eigenvalue weighted by Gasteiger charge is -2.08. The number of aromatic nitrogens is 1. The van der Waals surface area contributed by atoms with E-state index in [0.717, 1.165) is 6.21 Å². The second kappa shape index (κ2) is 4.81. The van der Waals surface area contributed by atoms with Crippen LogP contribution in [0.3, 0.4) is 0 Å². The number of hydrogen-bond acceptors (Lipinski definition) is 4. The summed E-state index contributed by atoms with van der Waals surface area (Å²) in [6.07, 6.45) is 1.06. The number of aryl methyl sites for hydroxylation is 1. The van der Waals surface area contributed by atoms with E-state index in [1.54, 1.807) is 31.3 Å². The third-order valence-corrected chi connectivity index (χ3v) is 2.68. The van der Waals surface area contributed by atoms with Gasteiger partial charge >= 0.3 is 6.03 Å². The molecule has 4 N–H and O–H groups in total. The van der Waals surface area contributed by atoms with Crippen molar-refractivity contribution in [2.75, 3.05) is 0 Å². The fourth-order valence-corrected chi connectivity index (χ4v) is 1.78. The molecule has 0 fully saturated rings. The lowest BCUT2D eigenvalue weighted by atomic mass is 10.1. The van der Waals surface area contributed by atoms with Crippen molar-refractivity contribution in [1.82, 2.24) is 9.99 Å². The molecule has 0 saturated heterocycles. The number of carbonyl (C=O) groups excluding carboxylic acids is 1. The Labute approximate surface area is 108 Å². The number of carbonyl (C=O) groups is 1. The predicted molar refractivity (Wildman–Crippen MR) is 71.2 cm³/mol. The van der Waals surface area contributed by atoms with E-state index in [4.69, 9.17) is 5.73 Å². The number of amides is 2. The third kappa shape index (κ3) is 2.25. The first kappa shape index (κ1) is 12.6. The summed E-state index contributed by atoms with van der Waals surface area (Å²) in [6.45, 7) is 0. The Hall–Kier alpha value is -2.83. The Morgan fingerprint density at radius 3 is 2.84 bits per heavy atom. The van der Waals surface area contributed by atoms with Gasteiger partial charge in [0.1, 0.15) is 11.3 Å². The molecule has 0 saturated carbocycles. The van der Waals surface area contributed by atoms with Crippen LogP contribution in [-0.2, 0) is 7.05 Å². The summed E-state index contributed by atoms with van der Waals surface area (Å²) in [4.78, 5) is 22.5. The number of rotatable bonds is 2. The number of nitrogens with two attached hydrogens (primary N) is 1. The van der Waals surface area contributed by atoms with Crippen LogP contribution < -0.4 is 16.7 Å². The molecule has 2 rings (SSSR count). The number of aromatic hydroxyl groups is 1. The molecule has 0 aliphatic rings. The Kier molecular flexibility index (Phi) is 3.19. The highest BCUT2D eigenvalue weighted by Crippen LogP contribution is 2.24. The van der Waals surface area contributed by atoms with Gasteiger partial charge in [0, 0.05) is 12.4 Å². The van der Waals surface area contributed by atoms with Crippen LogP contribution in [0.2, 0.25) is 0 Å². The van der Waals surface area contributed by atoms with Crippen molar-refractivity contribution in [1.29, 1.82) is 0 Å². The normalized spacial score (nSPS) is 11.0. The zero-order valence-corrected chi connectivity index (χ0v) is 10.1. The molecule has 0 atom stereocenters. The van der Waals surface area contributed by atoms with Gasteiger partial charge in [0.2, 0.25) is 0 Å². The first-order valence-corrected chi connectivity index (χ1v) is 5.41. The molecule has 7 heteroatoms. The van der Waals surface area contributed by atoms with Crippen molar-refractivity contribution in [3.63, 3.8) is 0 Å². The molecule has 7 nitrogen and oxygen atoms in total. The monoisotopic (exact) mass is 260 g/mol. The second-order valence-corrected chi connectivity index (χ2v) is 3.88. The van der Waals surface area contributed by atoms with Crippen molar-refractivity contribution in [2.45, 2.75) is 0 Å². The summed E-state index contributed by atoms with van der Waals surface area (Å²) in [7, 11) is 1.59. The molecular formula is C12H12N4O3. The number of fused-ring (bicyclic) bond motifs is 1. The minimum atomic E-state index is -0.853. The van der Waals surface area contributed by atoms with Crippen molar-refractivity contribution in [3.05, 3.63) is 40.2 Å². The molecule has 1 aromatic carbocycles. The maximum Gasteiger partial charge on any atom is 0.332 e. The van der Waals surface area contributed by atoms with E-state index in [1.807, 2.05) is 5.43 Å². The van der Waals surface area contributed by atoms with Crippen molar-refractivity contribution < 1.29 is 9.90 Å². The maximum atomic E-state index is 12.0. The summed E-state index contributed by atoms with van der Waals surface area (Å²) in [5.74, 6) is -0.186. The number of hydrogen-bond donors (Lipinski definition) is 3. The van der Waals surface area contributed by atoms with Crippen LogP contribution in [-0.4, -0.2) is 21.9 Å². The van der Waals surface area contributed by atoms with E-state index in [1.165, 1.54) is 4.57 Å². The predicted octanol–water partition coefficient (Wildman–Crippen LogP) is 0.246. The van der Waals surface area contributed by atoms with Crippen molar-refractivity contribution >= 4 is 23.1 Å².